The number of carbonyl (C=O) groups is 1. The Morgan fingerprint density at radius 1 is 1.43 bits per heavy atom. The number of hydrogen-bond acceptors (Lipinski definition) is 3. The molecule has 0 heterocycles. The molecule has 1 aromatic rings. The molecule has 3 nitrogen and oxygen atoms in total. The molecule has 0 fully saturated rings. The second-order valence-corrected chi connectivity index (χ2v) is 3.02. The summed E-state index contributed by atoms with van der Waals surface area (Å²) in [6, 6.07) is 7.38. The van der Waals surface area contributed by atoms with Crippen LogP contribution in [0.1, 0.15) is 15.9 Å². The number of aldehydes is 1. The minimum absolute atomic E-state index is 0.437. The molecule has 0 radical (unpaired) electrons. The van der Waals surface area contributed by atoms with E-state index in [-0.39, 0.29) is 0 Å². The molecular formula is C11H14N2O. The lowest BCUT2D eigenvalue weighted by Gasteiger charge is -2.06. The van der Waals surface area contributed by atoms with Gasteiger partial charge in [0.1, 0.15) is 6.29 Å². The van der Waals surface area contributed by atoms with Gasteiger partial charge in [0.2, 0.25) is 0 Å². The molecule has 0 saturated heterocycles. The van der Waals surface area contributed by atoms with E-state index in [1.165, 1.54) is 0 Å². The van der Waals surface area contributed by atoms with Gasteiger partial charge in [0, 0.05) is 24.4 Å². The summed E-state index contributed by atoms with van der Waals surface area (Å²) in [5.41, 5.74) is 7.97. The predicted octanol–water partition coefficient (Wildman–Crippen LogP) is 1.06. The fourth-order valence-electron chi connectivity index (χ4n) is 1.01. The zero-order valence-electron chi connectivity index (χ0n) is 7.99. The maximum absolute atomic E-state index is 10.4. The van der Waals surface area contributed by atoms with Crippen LogP contribution in [0, 0.1) is 0 Å². The van der Waals surface area contributed by atoms with Gasteiger partial charge in [0.25, 0.3) is 0 Å². The van der Waals surface area contributed by atoms with Gasteiger partial charge in [-0.05, 0) is 5.56 Å². The van der Waals surface area contributed by atoms with Gasteiger partial charge in [-0.15, -0.1) is 0 Å². The van der Waals surface area contributed by atoms with Gasteiger partial charge in [-0.1, -0.05) is 30.8 Å². The van der Waals surface area contributed by atoms with Gasteiger partial charge in [0.05, 0.1) is 0 Å². The third-order valence-electron chi connectivity index (χ3n) is 1.90. The summed E-state index contributed by atoms with van der Waals surface area (Å²) in [6.45, 7) is 4.86. The molecule has 3 N–H and O–H groups in total. The quantitative estimate of drug-likeness (QED) is 0.683. The van der Waals surface area contributed by atoms with Crippen molar-refractivity contribution in [1.29, 1.82) is 0 Å². The number of rotatable bonds is 5. The second-order valence-electron chi connectivity index (χ2n) is 3.02. The summed E-state index contributed by atoms with van der Waals surface area (Å²) < 4.78 is 0. The molecule has 0 aliphatic rings. The highest BCUT2D eigenvalue weighted by Crippen LogP contribution is 2.02. The fraction of sp³-hybridized carbons (Fsp3) is 0.182. The van der Waals surface area contributed by atoms with Crippen molar-refractivity contribution in [2.24, 2.45) is 5.73 Å². The van der Waals surface area contributed by atoms with Crippen molar-refractivity contribution in [2.45, 2.75) is 6.54 Å². The molecular weight excluding hydrogens is 176 g/mol. The lowest BCUT2D eigenvalue weighted by Crippen LogP contribution is -2.18. The molecule has 0 aliphatic heterocycles. The minimum Gasteiger partial charge on any atom is -0.384 e. The van der Waals surface area contributed by atoms with Crippen LogP contribution in [0.4, 0.5) is 0 Å². The van der Waals surface area contributed by atoms with Crippen LogP contribution < -0.4 is 11.1 Å². The number of nitrogens with one attached hydrogen (secondary N) is 1. The summed E-state index contributed by atoms with van der Waals surface area (Å²) in [6.07, 6.45) is 0.829. The summed E-state index contributed by atoms with van der Waals surface area (Å²) in [5.74, 6) is 0. The van der Waals surface area contributed by atoms with Crippen LogP contribution in [0.15, 0.2) is 36.5 Å². The standard InChI is InChI=1S/C11H14N2O/c1-9(6-12)13-7-10-2-4-11(8-14)5-3-10/h2-5,8,13H,1,6-7,12H2. The van der Waals surface area contributed by atoms with E-state index < -0.39 is 0 Å². The number of carbonyl (C=O) groups excluding carboxylic acids is 1. The van der Waals surface area contributed by atoms with Gasteiger partial charge in [-0.25, -0.2) is 0 Å². The molecule has 0 atom stereocenters. The molecule has 1 rings (SSSR count). The first kappa shape index (κ1) is 10.5. The average Bonchev–Trinajstić information content (AvgIpc) is 2.26. The number of nitrogens with two attached hydrogens (primary N) is 1. The smallest absolute Gasteiger partial charge is 0.150 e. The van der Waals surface area contributed by atoms with E-state index in [1.807, 2.05) is 12.1 Å². The van der Waals surface area contributed by atoms with Crippen LogP contribution in [-0.4, -0.2) is 12.8 Å². The molecule has 0 spiro atoms. The predicted molar refractivity (Wildman–Crippen MR) is 56.9 cm³/mol. The van der Waals surface area contributed by atoms with E-state index in [2.05, 4.69) is 11.9 Å². The number of hydrogen-bond donors (Lipinski definition) is 2. The third-order valence-corrected chi connectivity index (χ3v) is 1.90. The van der Waals surface area contributed by atoms with Crippen molar-refractivity contribution >= 4 is 6.29 Å². The molecule has 74 valence electrons. The van der Waals surface area contributed by atoms with Gasteiger partial charge in [-0.3, -0.25) is 4.79 Å². The normalized spacial score (nSPS) is 9.50. The molecule has 0 bridgehead atoms. The van der Waals surface area contributed by atoms with Crippen molar-refractivity contribution in [3.63, 3.8) is 0 Å². The van der Waals surface area contributed by atoms with Crippen LogP contribution in [-0.2, 0) is 6.54 Å². The SMILES string of the molecule is C=C(CN)NCc1ccc(C=O)cc1. The van der Waals surface area contributed by atoms with Gasteiger partial charge >= 0.3 is 0 Å². The minimum atomic E-state index is 0.437. The van der Waals surface area contributed by atoms with Crippen LogP contribution in [0.25, 0.3) is 0 Å². The Hall–Kier alpha value is -1.61. The zero-order chi connectivity index (χ0) is 10.4. The van der Waals surface area contributed by atoms with Crippen LogP contribution in [0.3, 0.4) is 0 Å². The highest BCUT2D eigenvalue weighted by atomic mass is 16.1. The molecule has 1 aromatic carbocycles. The van der Waals surface area contributed by atoms with Crippen LogP contribution in [0.5, 0.6) is 0 Å². The maximum atomic E-state index is 10.4. The van der Waals surface area contributed by atoms with Crippen molar-refractivity contribution in [3.8, 4) is 0 Å². The summed E-state index contributed by atoms with van der Waals surface area (Å²) in [5, 5.41) is 3.08. The highest BCUT2D eigenvalue weighted by molar-refractivity contribution is 5.74. The first-order valence-electron chi connectivity index (χ1n) is 4.42. The first-order chi connectivity index (χ1) is 6.76. The van der Waals surface area contributed by atoms with Gasteiger partial charge in [0.15, 0.2) is 0 Å². The highest BCUT2D eigenvalue weighted by Gasteiger charge is 1.94. The van der Waals surface area contributed by atoms with Gasteiger partial charge < -0.3 is 11.1 Å². The Morgan fingerprint density at radius 2 is 2.07 bits per heavy atom. The average molecular weight is 190 g/mol. The molecule has 0 saturated carbocycles. The lowest BCUT2D eigenvalue weighted by atomic mass is 10.1. The fourth-order valence-corrected chi connectivity index (χ4v) is 1.01. The van der Waals surface area contributed by atoms with E-state index in [0.29, 0.717) is 18.7 Å². The van der Waals surface area contributed by atoms with Crippen molar-refractivity contribution in [1.82, 2.24) is 5.32 Å². The van der Waals surface area contributed by atoms with E-state index in [4.69, 9.17) is 5.73 Å². The van der Waals surface area contributed by atoms with E-state index in [9.17, 15) is 4.79 Å². The largest absolute Gasteiger partial charge is 0.384 e. The zero-order valence-corrected chi connectivity index (χ0v) is 7.99. The maximum Gasteiger partial charge on any atom is 0.150 e. The van der Waals surface area contributed by atoms with E-state index >= 15 is 0 Å². The summed E-state index contributed by atoms with van der Waals surface area (Å²) >= 11 is 0. The molecule has 0 aromatic heterocycles. The van der Waals surface area contributed by atoms with Gasteiger partial charge in [-0.2, -0.15) is 0 Å². The van der Waals surface area contributed by atoms with Crippen LogP contribution >= 0.6 is 0 Å². The van der Waals surface area contributed by atoms with E-state index in [1.54, 1.807) is 12.1 Å². The Labute approximate surface area is 83.6 Å². The van der Waals surface area contributed by atoms with E-state index in [0.717, 1.165) is 17.5 Å². The molecule has 3 heteroatoms. The second kappa shape index (κ2) is 5.19. The molecule has 14 heavy (non-hydrogen) atoms. The Morgan fingerprint density at radius 3 is 2.57 bits per heavy atom. The third kappa shape index (κ3) is 3.03. The monoisotopic (exact) mass is 190 g/mol. The molecule has 0 amide bonds. The number of benzene rings is 1. The van der Waals surface area contributed by atoms with Crippen LogP contribution in [0.2, 0.25) is 0 Å². The molecule has 0 unspecified atom stereocenters. The Bertz CT molecular complexity index is 317. The van der Waals surface area contributed by atoms with Crippen molar-refractivity contribution in [2.75, 3.05) is 6.54 Å². The Balaban J connectivity index is 2.51. The van der Waals surface area contributed by atoms with Crippen molar-refractivity contribution < 1.29 is 4.79 Å². The topological polar surface area (TPSA) is 55.1 Å². The lowest BCUT2D eigenvalue weighted by molar-refractivity contribution is 0.112. The Kier molecular flexibility index (Phi) is 3.88. The summed E-state index contributed by atoms with van der Waals surface area (Å²) in [4.78, 5) is 10.4. The molecule has 0 aliphatic carbocycles. The first-order valence-corrected chi connectivity index (χ1v) is 4.42. The van der Waals surface area contributed by atoms with Crippen molar-refractivity contribution in [3.05, 3.63) is 47.7 Å². The summed E-state index contributed by atoms with van der Waals surface area (Å²) in [7, 11) is 0.